The average Bonchev–Trinajstić information content (AvgIpc) is 2.28. The molecule has 1 aromatic rings. The van der Waals surface area contributed by atoms with Crippen LogP contribution in [-0.4, -0.2) is 17.8 Å². The fourth-order valence-electron chi connectivity index (χ4n) is 2.74. The van der Waals surface area contributed by atoms with E-state index in [1.54, 1.807) is 0 Å². The van der Waals surface area contributed by atoms with E-state index in [0.29, 0.717) is 12.6 Å². The van der Waals surface area contributed by atoms with E-state index in [2.05, 4.69) is 43.4 Å². The first-order chi connectivity index (χ1) is 8.00. The molecule has 2 rings (SSSR count). The van der Waals surface area contributed by atoms with E-state index >= 15 is 0 Å². The van der Waals surface area contributed by atoms with E-state index in [4.69, 9.17) is 0 Å². The van der Waals surface area contributed by atoms with E-state index in [-0.39, 0.29) is 11.5 Å². The Morgan fingerprint density at radius 1 is 1.41 bits per heavy atom. The summed E-state index contributed by atoms with van der Waals surface area (Å²) >= 11 is 0. The van der Waals surface area contributed by atoms with E-state index in [0.717, 1.165) is 6.42 Å². The van der Waals surface area contributed by atoms with Crippen LogP contribution in [0.4, 0.5) is 0 Å². The molecule has 94 valence electrons. The lowest BCUT2D eigenvalue weighted by Crippen LogP contribution is -2.35. The second-order valence-electron chi connectivity index (χ2n) is 5.82. The van der Waals surface area contributed by atoms with Crippen LogP contribution in [0.2, 0.25) is 0 Å². The Morgan fingerprint density at radius 3 is 2.82 bits per heavy atom. The first-order valence-corrected chi connectivity index (χ1v) is 6.51. The smallest absolute Gasteiger partial charge is 0.0636 e. The molecule has 0 amide bonds. The molecule has 0 heterocycles. The highest BCUT2D eigenvalue weighted by atomic mass is 16.3. The molecule has 1 unspecified atom stereocenters. The summed E-state index contributed by atoms with van der Waals surface area (Å²) < 4.78 is 0. The highest BCUT2D eigenvalue weighted by Gasteiger charge is 2.31. The van der Waals surface area contributed by atoms with Crippen LogP contribution in [0, 0.1) is 0 Å². The third-order valence-electron chi connectivity index (χ3n) is 3.78. The van der Waals surface area contributed by atoms with E-state index in [1.807, 2.05) is 6.92 Å². The van der Waals surface area contributed by atoms with Gasteiger partial charge in [0.15, 0.2) is 0 Å². The molecule has 0 bridgehead atoms. The molecule has 2 atom stereocenters. The molecule has 17 heavy (non-hydrogen) atoms. The summed E-state index contributed by atoms with van der Waals surface area (Å²) in [6.07, 6.45) is 2.06. The Bertz CT molecular complexity index is 384. The van der Waals surface area contributed by atoms with Gasteiger partial charge in [-0.3, -0.25) is 0 Å². The fraction of sp³-hybridized carbons (Fsp3) is 0.600. The zero-order valence-electron chi connectivity index (χ0n) is 11.0. The zero-order chi connectivity index (χ0) is 12.5. The van der Waals surface area contributed by atoms with Gasteiger partial charge in [0.2, 0.25) is 0 Å². The number of aliphatic hydroxyl groups excluding tert-OH is 1. The Balaban J connectivity index is 2.22. The van der Waals surface area contributed by atoms with Gasteiger partial charge in [0.05, 0.1) is 6.10 Å². The number of nitrogens with one attached hydrogen (secondary N) is 1. The lowest BCUT2D eigenvalue weighted by atomic mass is 9.71. The molecule has 0 saturated heterocycles. The van der Waals surface area contributed by atoms with Crippen molar-refractivity contribution in [3.63, 3.8) is 0 Å². The number of aliphatic hydroxyl groups is 1. The first kappa shape index (κ1) is 12.6. The van der Waals surface area contributed by atoms with Crippen molar-refractivity contribution in [1.29, 1.82) is 0 Å². The maximum Gasteiger partial charge on any atom is 0.0636 e. The van der Waals surface area contributed by atoms with Crippen molar-refractivity contribution >= 4 is 0 Å². The van der Waals surface area contributed by atoms with Gasteiger partial charge in [-0.15, -0.1) is 0 Å². The summed E-state index contributed by atoms with van der Waals surface area (Å²) in [6, 6.07) is 9.09. The second-order valence-corrected chi connectivity index (χ2v) is 5.82. The van der Waals surface area contributed by atoms with Gasteiger partial charge in [0.25, 0.3) is 0 Å². The summed E-state index contributed by atoms with van der Waals surface area (Å²) in [7, 11) is 0. The van der Waals surface area contributed by atoms with Crippen molar-refractivity contribution in [2.75, 3.05) is 6.54 Å². The van der Waals surface area contributed by atoms with Gasteiger partial charge >= 0.3 is 0 Å². The second kappa shape index (κ2) is 4.79. The average molecular weight is 233 g/mol. The van der Waals surface area contributed by atoms with Gasteiger partial charge in [-0.25, -0.2) is 0 Å². The highest BCUT2D eigenvalue weighted by molar-refractivity contribution is 5.38. The first-order valence-electron chi connectivity index (χ1n) is 6.51. The Hall–Kier alpha value is -0.860. The summed E-state index contributed by atoms with van der Waals surface area (Å²) in [4.78, 5) is 0. The maximum absolute atomic E-state index is 9.37. The minimum atomic E-state index is -0.280. The summed E-state index contributed by atoms with van der Waals surface area (Å²) in [6.45, 7) is 7.12. The molecule has 2 nitrogen and oxygen atoms in total. The number of rotatable bonds is 3. The van der Waals surface area contributed by atoms with Crippen LogP contribution in [0.15, 0.2) is 24.3 Å². The van der Waals surface area contributed by atoms with Gasteiger partial charge in [0, 0.05) is 12.6 Å². The third kappa shape index (κ3) is 2.70. The predicted molar refractivity (Wildman–Crippen MR) is 71.1 cm³/mol. The predicted octanol–water partition coefficient (Wildman–Crippen LogP) is 2.77. The molecule has 0 aliphatic heterocycles. The molecule has 0 fully saturated rings. The molecule has 0 radical (unpaired) electrons. The molecule has 0 saturated carbocycles. The monoisotopic (exact) mass is 233 g/mol. The van der Waals surface area contributed by atoms with E-state index < -0.39 is 0 Å². The van der Waals surface area contributed by atoms with Crippen LogP contribution in [0.5, 0.6) is 0 Å². The van der Waals surface area contributed by atoms with Gasteiger partial charge in [0.1, 0.15) is 0 Å². The minimum Gasteiger partial charge on any atom is -0.392 e. The van der Waals surface area contributed by atoms with E-state index in [1.165, 1.54) is 17.5 Å². The van der Waals surface area contributed by atoms with Crippen LogP contribution in [0.3, 0.4) is 0 Å². The Labute approximate surface area is 104 Å². The molecule has 2 N–H and O–H groups in total. The molecular weight excluding hydrogens is 210 g/mol. The van der Waals surface area contributed by atoms with Gasteiger partial charge in [-0.1, -0.05) is 38.1 Å². The molecule has 0 aromatic heterocycles. The largest absolute Gasteiger partial charge is 0.392 e. The topological polar surface area (TPSA) is 32.3 Å². The highest BCUT2D eigenvalue weighted by Crippen LogP contribution is 2.41. The molecule has 2 heteroatoms. The van der Waals surface area contributed by atoms with Gasteiger partial charge < -0.3 is 10.4 Å². The lowest BCUT2D eigenvalue weighted by Gasteiger charge is -2.37. The number of fused-ring (bicyclic) bond motifs is 1. The summed E-state index contributed by atoms with van der Waals surface area (Å²) in [5.41, 5.74) is 3.14. The summed E-state index contributed by atoms with van der Waals surface area (Å²) in [5.74, 6) is 0. The van der Waals surface area contributed by atoms with Crippen molar-refractivity contribution in [1.82, 2.24) is 5.32 Å². The fourth-order valence-corrected chi connectivity index (χ4v) is 2.74. The lowest BCUT2D eigenvalue weighted by molar-refractivity contribution is 0.182. The molecule has 1 aliphatic carbocycles. The van der Waals surface area contributed by atoms with Crippen molar-refractivity contribution in [2.45, 2.75) is 51.2 Å². The molecular formula is C15H23NO. The molecule has 1 aliphatic rings. The maximum atomic E-state index is 9.37. The number of hydrogen-bond acceptors (Lipinski definition) is 2. The van der Waals surface area contributed by atoms with Gasteiger partial charge in [-0.05, 0) is 36.3 Å². The Kier molecular flexibility index (Phi) is 3.55. The van der Waals surface area contributed by atoms with Crippen molar-refractivity contribution in [3.8, 4) is 0 Å². The normalized spacial score (nSPS) is 24.1. The number of benzene rings is 1. The van der Waals surface area contributed by atoms with Crippen molar-refractivity contribution in [2.24, 2.45) is 0 Å². The Morgan fingerprint density at radius 2 is 2.12 bits per heavy atom. The van der Waals surface area contributed by atoms with Crippen LogP contribution >= 0.6 is 0 Å². The summed E-state index contributed by atoms with van der Waals surface area (Å²) in [5, 5.41) is 12.8. The standard InChI is InChI=1S/C15H23NO/c1-11(17)10-16-14-8-9-15(2,3)13-7-5-4-6-12(13)14/h4-7,11,14,16-17H,8-10H2,1-3H3/t11-,14?/m0/s1. The SMILES string of the molecule is C[C@H](O)CNC1CCC(C)(C)c2ccccc21. The van der Waals surface area contributed by atoms with Gasteiger partial charge in [-0.2, -0.15) is 0 Å². The van der Waals surface area contributed by atoms with Crippen molar-refractivity contribution in [3.05, 3.63) is 35.4 Å². The molecule has 0 spiro atoms. The van der Waals surface area contributed by atoms with E-state index in [9.17, 15) is 5.11 Å². The quantitative estimate of drug-likeness (QED) is 0.841. The third-order valence-corrected chi connectivity index (χ3v) is 3.78. The van der Waals surface area contributed by atoms with Crippen LogP contribution in [0.1, 0.15) is 50.8 Å². The van der Waals surface area contributed by atoms with Crippen LogP contribution in [0.25, 0.3) is 0 Å². The van der Waals surface area contributed by atoms with Crippen LogP contribution < -0.4 is 5.32 Å². The molecule has 1 aromatic carbocycles. The minimum absolute atomic E-state index is 0.277. The van der Waals surface area contributed by atoms with Crippen LogP contribution in [-0.2, 0) is 5.41 Å². The number of hydrogen-bond donors (Lipinski definition) is 2. The zero-order valence-corrected chi connectivity index (χ0v) is 11.0. The van der Waals surface area contributed by atoms with Crippen molar-refractivity contribution < 1.29 is 5.11 Å².